The molecular formula is C33H48N3O8P. The summed E-state index contributed by atoms with van der Waals surface area (Å²) < 4.78 is 39.3. The van der Waals surface area contributed by atoms with E-state index in [1.807, 2.05) is 19.9 Å². The van der Waals surface area contributed by atoms with Crippen molar-refractivity contribution in [3.05, 3.63) is 58.7 Å². The van der Waals surface area contributed by atoms with Gasteiger partial charge in [-0.25, -0.2) is 9.36 Å². The van der Waals surface area contributed by atoms with E-state index in [-0.39, 0.29) is 42.9 Å². The largest absolute Gasteiger partial charge is 0.465 e. The number of carbonyl (C=O) groups is 2. The van der Waals surface area contributed by atoms with E-state index in [9.17, 15) is 18.9 Å². The molecule has 1 saturated carbocycles. The molecule has 0 bridgehead atoms. The number of rotatable bonds is 18. The van der Waals surface area contributed by atoms with Crippen LogP contribution in [0.3, 0.4) is 0 Å². The van der Waals surface area contributed by atoms with Gasteiger partial charge < -0.3 is 19.7 Å². The van der Waals surface area contributed by atoms with E-state index in [0.717, 1.165) is 18.4 Å². The van der Waals surface area contributed by atoms with Crippen LogP contribution in [0.25, 0.3) is 6.20 Å². The fourth-order valence-corrected chi connectivity index (χ4v) is 6.76. The predicted molar refractivity (Wildman–Crippen MR) is 174 cm³/mol. The number of esters is 2. The number of ether oxygens (including phenoxy) is 2. The first-order valence-corrected chi connectivity index (χ1v) is 17.4. The van der Waals surface area contributed by atoms with E-state index >= 15 is 0 Å². The molecule has 0 radical (unpaired) electrons. The zero-order valence-corrected chi connectivity index (χ0v) is 28.2. The van der Waals surface area contributed by atoms with Crippen molar-refractivity contribution in [1.82, 2.24) is 9.55 Å². The van der Waals surface area contributed by atoms with Crippen LogP contribution in [0.2, 0.25) is 0 Å². The Labute approximate surface area is 266 Å². The van der Waals surface area contributed by atoms with Gasteiger partial charge in [0.1, 0.15) is 18.2 Å². The van der Waals surface area contributed by atoms with Gasteiger partial charge in [-0.05, 0) is 48.4 Å². The summed E-state index contributed by atoms with van der Waals surface area (Å²) in [6.07, 6.45) is 5.51. The summed E-state index contributed by atoms with van der Waals surface area (Å²) >= 11 is 0. The lowest BCUT2D eigenvalue weighted by Crippen LogP contribution is -2.28. The molecule has 3 rings (SSSR count). The van der Waals surface area contributed by atoms with Gasteiger partial charge in [-0.2, -0.15) is 4.98 Å². The van der Waals surface area contributed by atoms with Crippen molar-refractivity contribution in [2.75, 3.05) is 31.7 Å². The van der Waals surface area contributed by atoms with Gasteiger partial charge in [0.15, 0.2) is 0 Å². The van der Waals surface area contributed by atoms with Crippen LogP contribution in [0.1, 0.15) is 67.2 Å². The summed E-state index contributed by atoms with van der Waals surface area (Å²) in [6.45, 7) is 11.6. The number of aromatic nitrogens is 2. The van der Waals surface area contributed by atoms with Crippen LogP contribution in [-0.2, 0) is 28.2 Å². The second-order valence-corrected chi connectivity index (χ2v) is 14.6. The smallest absolute Gasteiger partial charge is 0.380 e. The molecule has 1 unspecified atom stereocenters. The normalized spacial score (nSPS) is 19.0. The Morgan fingerprint density at radius 2 is 1.73 bits per heavy atom. The van der Waals surface area contributed by atoms with Crippen LogP contribution in [0, 0.1) is 29.1 Å². The number of anilines is 1. The van der Waals surface area contributed by atoms with Gasteiger partial charge in [0.25, 0.3) is 0 Å². The van der Waals surface area contributed by atoms with E-state index < -0.39 is 36.6 Å². The van der Waals surface area contributed by atoms with Crippen LogP contribution in [0.15, 0.2) is 53.0 Å². The Balaban J connectivity index is 1.90. The Bertz CT molecular complexity index is 1420. The van der Waals surface area contributed by atoms with E-state index in [1.54, 1.807) is 44.3 Å². The molecule has 12 heteroatoms. The molecule has 11 nitrogen and oxygen atoms in total. The van der Waals surface area contributed by atoms with Crippen LogP contribution in [0.5, 0.6) is 5.75 Å². The van der Waals surface area contributed by atoms with Gasteiger partial charge in [-0.1, -0.05) is 72.6 Å². The molecule has 0 saturated heterocycles. The molecule has 0 spiro atoms. The molecule has 1 aliphatic carbocycles. The van der Waals surface area contributed by atoms with Crippen LogP contribution in [0.4, 0.5) is 5.82 Å². The van der Waals surface area contributed by atoms with Crippen molar-refractivity contribution in [1.29, 1.82) is 0 Å². The molecule has 2 aromatic rings. The lowest BCUT2D eigenvalue weighted by molar-refractivity contribution is -0.150. The van der Waals surface area contributed by atoms with Crippen molar-refractivity contribution in [3.8, 4) is 5.75 Å². The third-order valence-corrected chi connectivity index (χ3v) is 9.77. The topological polar surface area (TPSA) is 149 Å². The van der Waals surface area contributed by atoms with Crippen LogP contribution in [-0.4, -0.2) is 47.5 Å². The van der Waals surface area contributed by atoms with Gasteiger partial charge in [-0.15, -0.1) is 0 Å². The van der Waals surface area contributed by atoms with Crippen molar-refractivity contribution in [3.63, 3.8) is 0 Å². The second kappa shape index (κ2) is 16.2. The van der Waals surface area contributed by atoms with Crippen LogP contribution >= 0.6 is 7.60 Å². The van der Waals surface area contributed by atoms with Crippen molar-refractivity contribution in [2.24, 2.45) is 29.1 Å². The standard InChI is InChI=1S/C33H48N3O8P/c1-7-25(8-2)19-41-31(38)26(16-23(3)4)20-45(40,44-28-12-10-9-11-13-28)43-22-33(21-42-30(37)24(5)6)17-27(33)18-36-15-14-29(34)35-32(36)39/h9-15,18,23-26H,7-8,16-17,19-22H2,1-6H3,(H2,34,35,39)/b27-18-/t26-,33?,45+/m1/s1. The number of carbonyl (C=O) groups excluding carboxylic acids is 2. The van der Waals surface area contributed by atoms with Crippen LogP contribution < -0.4 is 15.9 Å². The van der Waals surface area contributed by atoms with Gasteiger partial charge >= 0.3 is 25.2 Å². The van der Waals surface area contributed by atoms with Crippen molar-refractivity contribution >= 4 is 31.6 Å². The highest BCUT2D eigenvalue weighted by Gasteiger charge is 2.52. The molecule has 1 aliphatic rings. The van der Waals surface area contributed by atoms with E-state index in [0.29, 0.717) is 25.2 Å². The molecule has 248 valence electrons. The summed E-state index contributed by atoms with van der Waals surface area (Å²) in [4.78, 5) is 41.9. The summed E-state index contributed by atoms with van der Waals surface area (Å²) in [5, 5.41) is 0. The number of nitrogens with two attached hydrogens (primary N) is 1. The third kappa shape index (κ3) is 10.9. The Morgan fingerprint density at radius 3 is 2.33 bits per heavy atom. The fraction of sp³-hybridized carbons (Fsp3) is 0.576. The maximum Gasteiger partial charge on any atom is 0.380 e. The molecule has 1 fully saturated rings. The van der Waals surface area contributed by atoms with Gasteiger partial charge in [0, 0.05) is 12.4 Å². The number of para-hydroxylation sites is 1. The SMILES string of the molecule is CCC(CC)COC(=O)[C@H](CC(C)C)C[P@](=O)(OCC1(COC(=O)C(C)C)C/C1=C/n1ccc(N)nc1=O)Oc1ccccc1. The highest BCUT2D eigenvalue weighted by molar-refractivity contribution is 7.54. The minimum atomic E-state index is -3.98. The molecule has 0 aliphatic heterocycles. The zero-order chi connectivity index (χ0) is 33.2. The van der Waals surface area contributed by atoms with Gasteiger partial charge in [-0.3, -0.25) is 18.7 Å². The molecular weight excluding hydrogens is 597 g/mol. The summed E-state index contributed by atoms with van der Waals surface area (Å²) in [5.41, 5.74) is 4.95. The Hall–Kier alpha value is -3.43. The predicted octanol–water partition coefficient (Wildman–Crippen LogP) is 6.19. The molecule has 1 heterocycles. The molecule has 3 atom stereocenters. The molecule has 0 amide bonds. The Kier molecular flexibility index (Phi) is 13.0. The first-order valence-electron chi connectivity index (χ1n) is 15.7. The van der Waals surface area contributed by atoms with E-state index in [1.165, 1.54) is 16.8 Å². The molecule has 1 aromatic heterocycles. The van der Waals surface area contributed by atoms with Gasteiger partial charge in [0.2, 0.25) is 0 Å². The van der Waals surface area contributed by atoms with Crippen molar-refractivity contribution < 1.29 is 32.7 Å². The summed E-state index contributed by atoms with van der Waals surface area (Å²) in [7, 11) is -3.98. The fourth-order valence-electron chi connectivity index (χ4n) is 4.81. The highest BCUT2D eigenvalue weighted by Crippen LogP contribution is 2.58. The number of hydrogen-bond acceptors (Lipinski definition) is 10. The minimum Gasteiger partial charge on any atom is -0.465 e. The lowest BCUT2D eigenvalue weighted by atomic mass is 9.99. The zero-order valence-electron chi connectivity index (χ0n) is 27.3. The number of nitrogens with zero attached hydrogens (tertiary/aromatic N) is 2. The number of benzene rings is 1. The van der Waals surface area contributed by atoms with Gasteiger partial charge in [0.05, 0.1) is 36.6 Å². The second-order valence-electron chi connectivity index (χ2n) is 12.5. The highest BCUT2D eigenvalue weighted by atomic mass is 31.2. The lowest BCUT2D eigenvalue weighted by Gasteiger charge is -2.26. The average molecular weight is 646 g/mol. The molecule has 45 heavy (non-hydrogen) atoms. The first-order chi connectivity index (χ1) is 21.3. The molecule has 1 aromatic carbocycles. The van der Waals surface area contributed by atoms with E-state index in [4.69, 9.17) is 24.3 Å². The quantitative estimate of drug-likeness (QED) is 0.147. The molecule has 2 N–H and O–H groups in total. The summed E-state index contributed by atoms with van der Waals surface area (Å²) in [6, 6.07) is 10.1. The van der Waals surface area contributed by atoms with Crippen molar-refractivity contribution in [2.45, 2.75) is 67.2 Å². The maximum absolute atomic E-state index is 14.5. The first kappa shape index (κ1) is 36.0. The minimum absolute atomic E-state index is 0.0504. The average Bonchev–Trinajstić information content (AvgIpc) is 3.68. The number of hydrogen-bond donors (Lipinski definition) is 1. The maximum atomic E-state index is 14.5. The monoisotopic (exact) mass is 645 g/mol. The third-order valence-electron chi connectivity index (χ3n) is 7.87. The number of nitrogen functional groups attached to an aromatic ring is 1. The summed E-state index contributed by atoms with van der Waals surface area (Å²) in [5.74, 6) is -1.11. The van der Waals surface area contributed by atoms with E-state index in [2.05, 4.69) is 18.8 Å². The Morgan fingerprint density at radius 1 is 1.04 bits per heavy atom.